The Morgan fingerprint density at radius 3 is 2.59 bits per heavy atom. The number of aromatic nitrogens is 2. The highest BCUT2D eigenvalue weighted by molar-refractivity contribution is 7.93. The lowest BCUT2D eigenvalue weighted by Crippen LogP contribution is -2.23. The van der Waals surface area contributed by atoms with Gasteiger partial charge in [-0.3, -0.25) is 4.79 Å². The maximum Gasteiger partial charge on any atom is 0.511 e. The normalized spacial score (nSPS) is 15.8. The Hall–Kier alpha value is -2.79. The van der Waals surface area contributed by atoms with Crippen LogP contribution in [0.3, 0.4) is 0 Å². The summed E-state index contributed by atoms with van der Waals surface area (Å²) in [5.74, 6) is 0.862. The van der Waals surface area contributed by atoms with E-state index in [1.54, 1.807) is 20.0 Å². The third-order valence-electron chi connectivity index (χ3n) is 5.16. The fraction of sp³-hybridized carbons (Fsp3) is 0.500. The number of methoxy groups -OCH3 is 1. The summed E-state index contributed by atoms with van der Waals surface area (Å²) in [7, 11) is 0.539. The van der Waals surface area contributed by atoms with Crippen LogP contribution in [0, 0.1) is 0 Å². The highest BCUT2D eigenvalue weighted by Crippen LogP contribution is 2.40. The monoisotopic (exact) mass is 513 g/mol. The molecule has 1 unspecified atom stereocenters. The summed E-state index contributed by atoms with van der Waals surface area (Å²) in [5.41, 5.74) is 0.408. The molecule has 0 N–H and O–H groups in total. The molecular formula is C22H28ClN3O7S. The molecular weight excluding hydrogens is 486 g/mol. The number of carbonyl (C=O) groups is 2. The van der Waals surface area contributed by atoms with Gasteiger partial charge in [0.25, 0.3) is 0 Å². The molecule has 34 heavy (non-hydrogen) atoms. The Labute approximate surface area is 203 Å². The van der Waals surface area contributed by atoms with Crippen LogP contribution < -0.4 is 9.47 Å². The van der Waals surface area contributed by atoms with Crippen molar-refractivity contribution in [1.82, 2.24) is 9.78 Å². The van der Waals surface area contributed by atoms with Gasteiger partial charge in [0.05, 0.1) is 34.7 Å². The third kappa shape index (κ3) is 5.82. The smallest absolute Gasteiger partial charge is 0.494 e. The number of hydrogen-bond donors (Lipinski definition) is 0. The molecule has 0 saturated carbocycles. The Bertz CT molecular complexity index is 1180. The molecule has 2 heterocycles. The third-order valence-corrected chi connectivity index (χ3v) is 7.91. The molecule has 1 aliphatic rings. The Morgan fingerprint density at radius 2 is 1.94 bits per heavy atom. The van der Waals surface area contributed by atoms with E-state index in [0.717, 1.165) is 19.3 Å². The molecule has 3 rings (SSSR count). The van der Waals surface area contributed by atoms with Gasteiger partial charge in [-0.15, -0.1) is 0 Å². The van der Waals surface area contributed by atoms with Crippen LogP contribution in [0.4, 0.5) is 10.5 Å². The molecule has 1 aromatic carbocycles. The maximum atomic E-state index is 13.4. The van der Waals surface area contributed by atoms with E-state index in [1.165, 1.54) is 31.0 Å². The summed E-state index contributed by atoms with van der Waals surface area (Å²) in [5, 5.41) is 4.11. The molecule has 1 aromatic heterocycles. The number of rotatable bonds is 8. The molecule has 0 spiro atoms. The van der Waals surface area contributed by atoms with Crippen molar-refractivity contribution in [2.75, 3.05) is 25.2 Å². The summed E-state index contributed by atoms with van der Waals surface area (Å²) in [6.45, 7) is 3.28. The first-order valence-corrected chi connectivity index (χ1v) is 13.1. The van der Waals surface area contributed by atoms with Crippen molar-refractivity contribution in [3.8, 4) is 11.6 Å². The van der Waals surface area contributed by atoms with Crippen molar-refractivity contribution in [1.29, 1.82) is 0 Å². The quantitative estimate of drug-likeness (QED) is 0.287. The fourth-order valence-electron chi connectivity index (χ4n) is 3.50. The highest BCUT2D eigenvalue weighted by atomic mass is 35.5. The lowest BCUT2D eigenvalue weighted by Gasteiger charge is -2.18. The first-order chi connectivity index (χ1) is 16.2. The van der Waals surface area contributed by atoms with Gasteiger partial charge in [-0.05, 0) is 31.9 Å². The minimum absolute atomic E-state index is 0.0308. The Kier molecular flexibility index (Phi) is 8.42. The highest BCUT2D eigenvalue weighted by Gasteiger charge is 2.27. The van der Waals surface area contributed by atoms with Crippen LogP contribution in [0.25, 0.3) is 0 Å². The van der Waals surface area contributed by atoms with Gasteiger partial charge in [0, 0.05) is 31.0 Å². The first-order valence-electron chi connectivity index (χ1n) is 10.8. The maximum absolute atomic E-state index is 13.4. The van der Waals surface area contributed by atoms with Crippen molar-refractivity contribution >= 4 is 39.0 Å². The van der Waals surface area contributed by atoms with Gasteiger partial charge in [0.15, 0.2) is 0 Å². The van der Waals surface area contributed by atoms with Gasteiger partial charge in [-0.1, -0.05) is 18.0 Å². The summed E-state index contributed by atoms with van der Waals surface area (Å²) >= 11 is 6.61. The second-order valence-corrected chi connectivity index (χ2v) is 10.5. The van der Waals surface area contributed by atoms with Crippen LogP contribution in [0.15, 0.2) is 22.7 Å². The molecule has 186 valence electrons. The predicted molar refractivity (Wildman–Crippen MR) is 127 cm³/mol. The molecule has 1 atom stereocenters. The molecule has 0 bridgehead atoms. The molecule has 10 nitrogen and oxygen atoms in total. The number of benzene rings is 1. The minimum Gasteiger partial charge on any atom is -0.494 e. The van der Waals surface area contributed by atoms with Crippen LogP contribution in [0.1, 0.15) is 49.0 Å². The zero-order chi connectivity index (χ0) is 24.9. The van der Waals surface area contributed by atoms with Gasteiger partial charge in [0.2, 0.25) is 18.0 Å². The Morgan fingerprint density at radius 1 is 1.24 bits per heavy atom. The Balaban J connectivity index is 1.96. The molecule has 0 radical (unpaired) electrons. The largest absolute Gasteiger partial charge is 0.511 e. The van der Waals surface area contributed by atoms with Crippen molar-refractivity contribution in [2.24, 2.45) is 11.4 Å². The fourth-order valence-corrected chi connectivity index (χ4v) is 6.04. The van der Waals surface area contributed by atoms with E-state index in [2.05, 4.69) is 9.46 Å². The van der Waals surface area contributed by atoms with Crippen molar-refractivity contribution in [2.45, 2.75) is 39.4 Å². The zero-order valence-electron chi connectivity index (χ0n) is 19.5. The average molecular weight is 514 g/mol. The van der Waals surface area contributed by atoms with E-state index >= 15 is 0 Å². The first kappa shape index (κ1) is 25.8. The molecule has 0 amide bonds. The lowest BCUT2D eigenvalue weighted by atomic mass is 10.0. The van der Waals surface area contributed by atoms with Crippen molar-refractivity contribution < 1.29 is 32.7 Å². The number of carbonyl (C=O) groups excluding carboxylic acids is 2. The van der Waals surface area contributed by atoms with E-state index < -0.39 is 28.0 Å². The van der Waals surface area contributed by atoms with Crippen LogP contribution in [-0.2, 0) is 26.3 Å². The van der Waals surface area contributed by atoms with Crippen LogP contribution in [0.2, 0.25) is 5.02 Å². The number of nitrogens with zero attached hydrogens (tertiary/aromatic N) is 3. The van der Waals surface area contributed by atoms with E-state index in [-0.39, 0.29) is 34.3 Å². The number of halogens is 1. The van der Waals surface area contributed by atoms with E-state index in [9.17, 15) is 13.8 Å². The topological polar surface area (TPSA) is 118 Å². The SMILES string of the molecule is CCOC(=O)OC(C)Oc1c(C(=O)c2ccc(OC)c(N=S3(=O)CCCCC3)c2Cl)cnn1C. The second kappa shape index (κ2) is 11.1. The van der Waals surface area contributed by atoms with Gasteiger partial charge in [-0.25, -0.2) is 13.7 Å². The second-order valence-electron chi connectivity index (χ2n) is 7.61. The summed E-state index contributed by atoms with van der Waals surface area (Å²) in [4.78, 5) is 25.0. The predicted octanol–water partition coefficient (Wildman–Crippen LogP) is 4.49. The number of ketones is 1. The van der Waals surface area contributed by atoms with Crippen LogP contribution in [0.5, 0.6) is 11.6 Å². The lowest BCUT2D eigenvalue weighted by molar-refractivity contribution is -0.0555. The van der Waals surface area contributed by atoms with Gasteiger partial charge < -0.3 is 18.9 Å². The number of ether oxygens (including phenoxy) is 4. The van der Waals surface area contributed by atoms with Crippen LogP contribution in [-0.4, -0.2) is 57.4 Å². The summed E-state index contributed by atoms with van der Waals surface area (Å²) in [6, 6.07) is 3.07. The zero-order valence-corrected chi connectivity index (χ0v) is 21.1. The van der Waals surface area contributed by atoms with Gasteiger partial charge >= 0.3 is 6.16 Å². The molecule has 1 saturated heterocycles. The van der Waals surface area contributed by atoms with Crippen molar-refractivity contribution in [3.05, 3.63) is 34.5 Å². The van der Waals surface area contributed by atoms with Crippen LogP contribution >= 0.6 is 11.6 Å². The van der Waals surface area contributed by atoms with Gasteiger partial charge in [-0.2, -0.15) is 9.46 Å². The number of aryl methyl sites for hydroxylation is 1. The van der Waals surface area contributed by atoms with Gasteiger partial charge in [0.1, 0.15) is 17.0 Å². The number of hydrogen-bond acceptors (Lipinski definition) is 9. The molecule has 1 fully saturated rings. The summed E-state index contributed by atoms with van der Waals surface area (Å²) < 4.78 is 39.8. The molecule has 0 aliphatic carbocycles. The van der Waals surface area contributed by atoms with E-state index in [4.69, 9.17) is 30.5 Å². The molecule has 1 aliphatic heterocycles. The van der Waals surface area contributed by atoms with E-state index in [1.807, 2.05) is 0 Å². The van der Waals surface area contributed by atoms with E-state index in [0.29, 0.717) is 17.3 Å². The average Bonchev–Trinajstić information content (AvgIpc) is 3.15. The molecule has 2 aromatic rings. The molecule has 12 heteroatoms. The van der Waals surface area contributed by atoms with Crippen molar-refractivity contribution in [3.63, 3.8) is 0 Å². The standard InChI is InChI=1S/C22H28ClN3O7S/c1-5-31-22(28)33-14(2)32-21-16(13-24-26(21)3)20(27)15-9-10-17(30-4)19(18(15)23)25-34(29)11-7-6-8-12-34/h9-10,13-14H,5-8,11-12H2,1-4H3. The summed E-state index contributed by atoms with van der Waals surface area (Å²) in [6.07, 6.45) is 2.04. The minimum atomic E-state index is -2.49.